The third-order valence-electron chi connectivity index (χ3n) is 2.75. The van der Waals surface area contributed by atoms with E-state index in [1.807, 2.05) is 0 Å². The Labute approximate surface area is 132 Å². The number of nitrogen functional groups attached to an aromatic ring is 1. The lowest BCUT2D eigenvalue weighted by Gasteiger charge is -2.04. The molecule has 1 aromatic carbocycles. The van der Waals surface area contributed by atoms with E-state index in [2.05, 4.69) is 10.3 Å². The predicted octanol–water partition coefficient (Wildman–Crippen LogP) is 3.93. The number of aromatic nitrogens is 1. The van der Waals surface area contributed by atoms with E-state index in [0.717, 1.165) is 0 Å². The van der Waals surface area contributed by atoms with Crippen molar-refractivity contribution in [3.8, 4) is 0 Å². The fraction of sp³-hybridized carbons (Fsp3) is 0.0667. The summed E-state index contributed by atoms with van der Waals surface area (Å²) in [7, 11) is 0. The number of carbonyl (C=O) groups is 1. The van der Waals surface area contributed by atoms with Crippen LogP contribution in [-0.2, 0) is 4.79 Å². The van der Waals surface area contributed by atoms with Gasteiger partial charge in [0.15, 0.2) is 0 Å². The molecule has 1 amide bonds. The van der Waals surface area contributed by atoms with Crippen LogP contribution in [0.3, 0.4) is 0 Å². The number of nitrogens with one attached hydrogen (secondary N) is 1. The molecular formula is C15H13Cl2N3O. The first kappa shape index (κ1) is 15.4. The average molecular weight is 322 g/mol. The lowest BCUT2D eigenvalue weighted by molar-refractivity contribution is -0.111. The van der Waals surface area contributed by atoms with Gasteiger partial charge in [-0.15, -0.1) is 0 Å². The molecule has 0 saturated heterocycles. The minimum atomic E-state index is -0.308. The van der Waals surface area contributed by atoms with Crippen LogP contribution < -0.4 is 11.1 Å². The highest BCUT2D eigenvalue weighted by Gasteiger charge is 2.03. The number of benzene rings is 1. The molecule has 0 fully saturated rings. The van der Waals surface area contributed by atoms with Gasteiger partial charge in [0.05, 0.1) is 11.4 Å². The monoisotopic (exact) mass is 321 g/mol. The molecule has 0 saturated carbocycles. The normalized spacial score (nSPS) is 10.8. The second-order valence-corrected chi connectivity index (χ2v) is 5.20. The molecule has 0 radical (unpaired) electrons. The second kappa shape index (κ2) is 6.61. The Bertz CT molecular complexity index is 714. The van der Waals surface area contributed by atoms with Crippen LogP contribution in [0.5, 0.6) is 0 Å². The standard InChI is InChI=1S/C15H13Cl2N3O/c1-9-13(18)5-6-14(19-9)20-15(21)7-3-10-2-4-11(16)8-12(10)17/h2-8H,18H2,1H3,(H,19,20,21)/b7-3+. The van der Waals surface area contributed by atoms with Crippen LogP contribution in [-0.4, -0.2) is 10.9 Å². The van der Waals surface area contributed by atoms with Gasteiger partial charge < -0.3 is 11.1 Å². The van der Waals surface area contributed by atoms with Gasteiger partial charge in [0, 0.05) is 16.1 Å². The van der Waals surface area contributed by atoms with E-state index >= 15 is 0 Å². The van der Waals surface area contributed by atoms with Gasteiger partial charge in [-0.25, -0.2) is 4.98 Å². The number of carbonyl (C=O) groups excluding carboxylic acids is 1. The summed E-state index contributed by atoms with van der Waals surface area (Å²) in [6, 6.07) is 8.39. The SMILES string of the molecule is Cc1nc(NC(=O)/C=C/c2ccc(Cl)cc2Cl)ccc1N. The molecule has 1 heterocycles. The number of pyridine rings is 1. The van der Waals surface area contributed by atoms with Crippen LogP contribution in [0.2, 0.25) is 10.0 Å². The van der Waals surface area contributed by atoms with Crippen LogP contribution in [0.1, 0.15) is 11.3 Å². The van der Waals surface area contributed by atoms with Crippen molar-refractivity contribution in [2.75, 3.05) is 11.1 Å². The highest BCUT2D eigenvalue weighted by molar-refractivity contribution is 6.35. The van der Waals surface area contributed by atoms with Crippen molar-refractivity contribution in [1.29, 1.82) is 0 Å². The molecule has 0 aliphatic rings. The molecular weight excluding hydrogens is 309 g/mol. The number of hydrogen-bond donors (Lipinski definition) is 2. The Morgan fingerprint density at radius 1 is 1.29 bits per heavy atom. The molecule has 0 aliphatic carbocycles. The highest BCUT2D eigenvalue weighted by Crippen LogP contribution is 2.22. The summed E-state index contributed by atoms with van der Waals surface area (Å²) >= 11 is 11.8. The van der Waals surface area contributed by atoms with E-state index in [1.54, 1.807) is 43.3 Å². The summed E-state index contributed by atoms with van der Waals surface area (Å²) in [4.78, 5) is 16.0. The maximum Gasteiger partial charge on any atom is 0.249 e. The van der Waals surface area contributed by atoms with Crippen molar-refractivity contribution in [3.05, 3.63) is 57.7 Å². The van der Waals surface area contributed by atoms with Gasteiger partial charge in [-0.2, -0.15) is 0 Å². The molecule has 0 unspecified atom stereocenters. The molecule has 3 N–H and O–H groups in total. The van der Waals surface area contributed by atoms with Gasteiger partial charge in [-0.3, -0.25) is 4.79 Å². The molecule has 0 bridgehead atoms. The zero-order valence-corrected chi connectivity index (χ0v) is 12.7. The highest BCUT2D eigenvalue weighted by atomic mass is 35.5. The first-order valence-corrected chi connectivity index (χ1v) is 6.88. The third-order valence-corrected chi connectivity index (χ3v) is 3.32. The second-order valence-electron chi connectivity index (χ2n) is 4.36. The van der Waals surface area contributed by atoms with Crippen molar-refractivity contribution in [2.45, 2.75) is 6.92 Å². The lowest BCUT2D eigenvalue weighted by atomic mass is 10.2. The largest absolute Gasteiger partial charge is 0.397 e. The molecule has 0 atom stereocenters. The number of nitrogens with two attached hydrogens (primary N) is 1. The van der Waals surface area contributed by atoms with E-state index in [9.17, 15) is 4.79 Å². The Hall–Kier alpha value is -2.04. The topological polar surface area (TPSA) is 68.0 Å². The molecule has 4 nitrogen and oxygen atoms in total. The van der Waals surface area contributed by atoms with Crippen molar-refractivity contribution < 1.29 is 4.79 Å². The predicted molar refractivity (Wildman–Crippen MR) is 87.5 cm³/mol. The van der Waals surface area contributed by atoms with Crippen LogP contribution in [0.15, 0.2) is 36.4 Å². The van der Waals surface area contributed by atoms with Crippen LogP contribution in [0, 0.1) is 6.92 Å². The number of amides is 1. The summed E-state index contributed by atoms with van der Waals surface area (Å²) in [5, 5.41) is 3.67. The zero-order chi connectivity index (χ0) is 15.4. The minimum Gasteiger partial charge on any atom is -0.397 e. The summed E-state index contributed by atoms with van der Waals surface area (Å²) in [6.07, 6.45) is 2.99. The molecule has 0 aliphatic heterocycles. The maximum atomic E-state index is 11.8. The molecule has 2 aromatic rings. The van der Waals surface area contributed by atoms with E-state index < -0.39 is 0 Å². The third kappa shape index (κ3) is 4.21. The van der Waals surface area contributed by atoms with Crippen LogP contribution in [0.4, 0.5) is 11.5 Å². The fourth-order valence-corrected chi connectivity index (χ4v) is 2.08. The zero-order valence-electron chi connectivity index (χ0n) is 11.2. The van der Waals surface area contributed by atoms with Crippen molar-refractivity contribution in [3.63, 3.8) is 0 Å². The minimum absolute atomic E-state index is 0.308. The van der Waals surface area contributed by atoms with E-state index in [0.29, 0.717) is 32.8 Å². The number of halogens is 2. The van der Waals surface area contributed by atoms with Gasteiger partial charge in [-0.1, -0.05) is 29.3 Å². The van der Waals surface area contributed by atoms with E-state index in [4.69, 9.17) is 28.9 Å². The fourth-order valence-electron chi connectivity index (χ4n) is 1.61. The van der Waals surface area contributed by atoms with E-state index in [1.165, 1.54) is 6.08 Å². The Morgan fingerprint density at radius 3 is 2.71 bits per heavy atom. The number of rotatable bonds is 3. The lowest BCUT2D eigenvalue weighted by Crippen LogP contribution is -2.10. The quantitative estimate of drug-likeness (QED) is 0.841. The maximum absolute atomic E-state index is 11.8. The first-order valence-electron chi connectivity index (χ1n) is 6.13. The Kier molecular flexibility index (Phi) is 4.83. The first-order chi connectivity index (χ1) is 9.95. The molecule has 0 spiro atoms. The van der Waals surface area contributed by atoms with E-state index in [-0.39, 0.29) is 5.91 Å². The molecule has 108 valence electrons. The molecule has 1 aromatic heterocycles. The number of aryl methyl sites for hydroxylation is 1. The molecule has 6 heteroatoms. The smallest absolute Gasteiger partial charge is 0.249 e. The molecule has 2 rings (SSSR count). The van der Waals surface area contributed by atoms with Gasteiger partial charge in [0.2, 0.25) is 5.91 Å². The van der Waals surface area contributed by atoms with Gasteiger partial charge >= 0.3 is 0 Å². The van der Waals surface area contributed by atoms with Crippen LogP contribution >= 0.6 is 23.2 Å². The summed E-state index contributed by atoms with van der Waals surface area (Å²) < 4.78 is 0. The van der Waals surface area contributed by atoms with Crippen molar-refractivity contribution >= 4 is 46.7 Å². The van der Waals surface area contributed by atoms with Gasteiger partial charge in [0.1, 0.15) is 5.82 Å². The van der Waals surface area contributed by atoms with Gasteiger partial charge in [-0.05, 0) is 42.8 Å². The number of anilines is 2. The van der Waals surface area contributed by atoms with Crippen LogP contribution in [0.25, 0.3) is 6.08 Å². The Balaban J connectivity index is 2.07. The Morgan fingerprint density at radius 2 is 2.05 bits per heavy atom. The number of nitrogens with zero attached hydrogens (tertiary/aromatic N) is 1. The van der Waals surface area contributed by atoms with Gasteiger partial charge in [0.25, 0.3) is 0 Å². The molecule has 21 heavy (non-hydrogen) atoms. The van der Waals surface area contributed by atoms with Crippen molar-refractivity contribution in [1.82, 2.24) is 4.98 Å². The average Bonchev–Trinajstić information content (AvgIpc) is 2.42. The summed E-state index contributed by atoms with van der Waals surface area (Å²) in [5.74, 6) is 0.135. The van der Waals surface area contributed by atoms with Crippen molar-refractivity contribution in [2.24, 2.45) is 0 Å². The number of hydrogen-bond acceptors (Lipinski definition) is 3. The summed E-state index contributed by atoms with van der Waals surface area (Å²) in [5.41, 5.74) is 7.62. The summed E-state index contributed by atoms with van der Waals surface area (Å²) in [6.45, 7) is 1.77.